The zero-order chi connectivity index (χ0) is 13.4. The van der Waals surface area contributed by atoms with Crippen molar-refractivity contribution in [2.75, 3.05) is 7.05 Å². The van der Waals surface area contributed by atoms with Crippen LogP contribution >= 0.6 is 23.1 Å². The fourth-order valence-electron chi connectivity index (χ4n) is 1.79. The average molecular weight is 294 g/mol. The largest absolute Gasteiger partial charge is 0.436 e. The molecular formula is C12H14N4OS2. The molecule has 3 rings (SSSR count). The van der Waals surface area contributed by atoms with Crippen molar-refractivity contribution in [2.24, 2.45) is 0 Å². The average Bonchev–Trinajstić information content (AvgIpc) is 3.00. The van der Waals surface area contributed by atoms with Crippen molar-refractivity contribution in [1.82, 2.24) is 19.7 Å². The van der Waals surface area contributed by atoms with Crippen molar-refractivity contribution in [3.63, 3.8) is 0 Å². The Morgan fingerprint density at radius 3 is 2.95 bits per heavy atom. The highest BCUT2D eigenvalue weighted by Gasteiger charge is 2.16. The van der Waals surface area contributed by atoms with Gasteiger partial charge in [0.15, 0.2) is 4.96 Å². The van der Waals surface area contributed by atoms with Crippen LogP contribution in [-0.4, -0.2) is 21.4 Å². The van der Waals surface area contributed by atoms with Crippen LogP contribution in [0.15, 0.2) is 26.2 Å². The summed E-state index contributed by atoms with van der Waals surface area (Å²) >= 11 is 3.10. The Kier molecular flexibility index (Phi) is 3.34. The minimum atomic E-state index is 0.651. The second kappa shape index (κ2) is 4.99. The number of oxazole rings is 1. The van der Waals surface area contributed by atoms with E-state index in [0.717, 1.165) is 33.7 Å². The van der Waals surface area contributed by atoms with Crippen LogP contribution in [0.1, 0.15) is 17.1 Å². The predicted molar refractivity (Wildman–Crippen MR) is 75.9 cm³/mol. The molecule has 0 aliphatic carbocycles. The Morgan fingerprint density at radius 2 is 2.26 bits per heavy atom. The fraction of sp³-hybridized carbons (Fsp3) is 0.333. The maximum Gasteiger partial charge on any atom is 0.262 e. The van der Waals surface area contributed by atoms with Crippen LogP contribution in [0, 0.1) is 13.8 Å². The third-order valence-corrected chi connectivity index (χ3v) is 4.49. The molecule has 0 saturated carbocycles. The Labute approximate surface area is 119 Å². The summed E-state index contributed by atoms with van der Waals surface area (Å²) in [5, 5.41) is 6.81. The molecule has 0 radical (unpaired) electrons. The lowest BCUT2D eigenvalue weighted by Crippen LogP contribution is -2.08. The number of thiazole rings is 1. The van der Waals surface area contributed by atoms with Gasteiger partial charge in [0.2, 0.25) is 0 Å². The standard InChI is InChI=1S/C12H14N4OS2/c1-7-8(2)17-12(14-7)19-10-9(6-13-3)16-4-5-18-11(16)15-10/h4-5,13H,6H2,1-3H3. The molecular weight excluding hydrogens is 280 g/mol. The van der Waals surface area contributed by atoms with Crippen LogP contribution < -0.4 is 5.32 Å². The summed E-state index contributed by atoms with van der Waals surface area (Å²) in [4.78, 5) is 10.0. The summed E-state index contributed by atoms with van der Waals surface area (Å²) in [6, 6.07) is 0. The van der Waals surface area contributed by atoms with E-state index >= 15 is 0 Å². The lowest BCUT2D eigenvalue weighted by molar-refractivity contribution is 0.431. The van der Waals surface area contributed by atoms with Crippen LogP contribution in [0.2, 0.25) is 0 Å². The SMILES string of the molecule is CNCc1c(Sc2nc(C)c(C)o2)nc2sccn12. The molecule has 0 amide bonds. The van der Waals surface area contributed by atoms with Crippen molar-refractivity contribution in [3.05, 3.63) is 28.7 Å². The lowest BCUT2D eigenvalue weighted by Gasteiger charge is -2.00. The second-order valence-electron chi connectivity index (χ2n) is 4.17. The third kappa shape index (κ3) is 2.29. The Morgan fingerprint density at radius 1 is 1.42 bits per heavy atom. The number of aromatic nitrogens is 3. The Bertz CT molecular complexity index is 693. The number of aryl methyl sites for hydroxylation is 2. The molecule has 100 valence electrons. The second-order valence-corrected chi connectivity index (χ2v) is 5.99. The predicted octanol–water partition coefficient (Wildman–Crippen LogP) is 2.87. The first-order valence-electron chi connectivity index (χ1n) is 5.90. The van der Waals surface area contributed by atoms with Gasteiger partial charge in [0.05, 0.1) is 11.4 Å². The molecule has 0 unspecified atom stereocenters. The summed E-state index contributed by atoms with van der Waals surface area (Å²) in [7, 11) is 1.93. The monoisotopic (exact) mass is 294 g/mol. The number of rotatable bonds is 4. The molecule has 5 nitrogen and oxygen atoms in total. The first-order chi connectivity index (χ1) is 9.19. The van der Waals surface area contributed by atoms with E-state index in [1.54, 1.807) is 11.3 Å². The maximum atomic E-state index is 5.61. The number of nitrogens with zero attached hydrogens (tertiary/aromatic N) is 3. The van der Waals surface area contributed by atoms with Gasteiger partial charge < -0.3 is 9.73 Å². The molecule has 0 aliphatic rings. The van der Waals surface area contributed by atoms with Crippen molar-refractivity contribution in [2.45, 2.75) is 30.6 Å². The molecule has 7 heteroatoms. The zero-order valence-corrected chi connectivity index (χ0v) is 12.6. The van der Waals surface area contributed by atoms with E-state index in [9.17, 15) is 0 Å². The van der Waals surface area contributed by atoms with Gasteiger partial charge >= 0.3 is 0 Å². The number of nitrogens with one attached hydrogen (secondary N) is 1. The van der Waals surface area contributed by atoms with Gasteiger partial charge in [-0.25, -0.2) is 9.97 Å². The first-order valence-corrected chi connectivity index (χ1v) is 7.59. The summed E-state index contributed by atoms with van der Waals surface area (Å²) < 4.78 is 7.71. The molecule has 0 bridgehead atoms. The molecule has 3 aromatic heterocycles. The Balaban J connectivity index is 1.99. The van der Waals surface area contributed by atoms with Crippen molar-refractivity contribution in [1.29, 1.82) is 0 Å². The quantitative estimate of drug-likeness (QED) is 0.802. The molecule has 0 spiro atoms. The van der Waals surface area contributed by atoms with Crippen molar-refractivity contribution >= 4 is 28.1 Å². The van der Waals surface area contributed by atoms with Crippen molar-refractivity contribution in [3.8, 4) is 0 Å². The highest BCUT2D eigenvalue weighted by atomic mass is 32.2. The number of imidazole rings is 1. The van der Waals surface area contributed by atoms with Gasteiger partial charge in [-0.2, -0.15) is 0 Å². The minimum absolute atomic E-state index is 0.651. The molecule has 3 heterocycles. The molecule has 0 aromatic carbocycles. The van der Waals surface area contributed by atoms with Gasteiger partial charge in [-0.3, -0.25) is 4.40 Å². The van der Waals surface area contributed by atoms with Gasteiger partial charge in [-0.15, -0.1) is 11.3 Å². The van der Waals surface area contributed by atoms with Crippen LogP contribution in [0.4, 0.5) is 0 Å². The fourth-order valence-corrected chi connectivity index (χ4v) is 3.52. The minimum Gasteiger partial charge on any atom is -0.436 e. The molecule has 19 heavy (non-hydrogen) atoms. The molecule has 0 fully saturated rings. The van der Waals surface area contributed by atoms with E-state index in [4.69, 9.17) is 4.42 Å². The van der Waals surface area contributed by atoms with Gasteiger partial charge in [0, 0.05) is 18.1 Å². The van der Waals surface area contributed by atoms with Crippen LogP contribution in [-0.2, 0) is 6.54 Å². The van der Waals surface area contributed by atoms with E-state index in [-0.39, 0.29) is 0 Å². The van der Waals surface area contributed by atoms with Gasteiger partial charge in [0.1, 0.15) is 10.8 Å². The normalized spacial score (nSPS) is 11.5. The molecule has 0 aliphatic heterocycles. The maximum absolute atomic E-state index is 5.61. The molecule has 0 saturated heterocycles. The third-order valence-electron chi connectivity index (χ3n) is 2.86. The number of hydrogen-bond donors (Lipinski definition) is 1. The van der Waals surface area contributed by atoms with E-state index in [1.807, 2.05) is 32.5 Å². The lowest BCUT2D eigenvalue weighted by atomic mass is 10.4. The first kappa shape index (κ1) is 12.7. The highest BCUT2D eigenvalue weighted by Crippen LogP contribution is 2.32. The Hall–Kier alpha value is -1.31. The van der Waals surface area contributed by atoms with E-state index in [0.29, 0.717) is 5.22 Å². The molecule has 3 aromatic rings. The van der Waals surface area contributed by atoms with E-state index < -0.39 is 0 Å². The van der Waals surface area contributed by atoms with Gasteiger partial charge in [-0.05, 0) is 32.7 Å². The zero-order valence-electron chi connectivity index (χ0n) is 10.9. The summed E-state index contributed by atoms with van der Waals surface area (Å²) in [5.74, 6) is 0.860. The van der Waals surface area contributed by atoms with Crippen LogP contribution in [0.3, 0.4) is 0 Å². The highest BCUT2D eigenvalue weighted by molar-refractivity contribution is 7.99. The smallest absolute Gasteiger partial charge is 0.262 e. The molecule has 0 atom stereocenters. The number of fused-ring (bicyclic) bond motifs is 1. The summed E-state index contributed by atoms with van der Waals surface area (Å²) in [6.07, 6.45) is 2.04. The summed E-state index contributed by atoms with van der Waals surface area (Å²) in [6.45, 7) is 4.63. The van der Waals surface area contributed by atoms with Crippen LogP contribution in [0.5, 0.6) is 0 Å². The van der Waals surface area contributed by atoms with Gasteiger partial charge in [0.25, 0.3) is 5.22 Å². The molecule has 1 N–H and O–H groups in total. The summed E-state index contributed by atoms with van der Waals surface area (Å²) in [5.41, 5.74) is 2.07. The van der Waals surface area contributed by atoms with Crippen LogP contribution in [0.25, 0.3) is 4.96 Å². The van der Waals surface area contributed by atoms with E-state index in [1.165, 1.54) is 11.8 Å². The van der Waals surface area contributed by atoms with E-state index in [2.05, 4.69) is 19.7 Å². The van der Waals surface area contributed by atoms with Crippen molar-refractivity contribution < 1.29 is 4.42 Å². The van der Waals surface area contributed by atoms with Gasteiger partial charge in [-0.1, -0.05) is 0 Å². The topological polar surface area (TPSA) is 55.4 Å². The number of hydrogen-bond acceptors (Lipinski definition) is 6.